The molecule has 0 unspecified atom stereocenters. The molecule has 1 aliphatic heterocycles. The van der Waals surface area contributed by atoms with Gasteiger partial charge < -0.3 is 4.74 Å². The normalized spacial score (nSPS) is 18.3. The Bertz CT molecular complexity index is 318. The van der Waals surface area contributed by atoms with E-state index in [-0.39, 0.29) is 0 Å². The molecule has 1 aliphatic rings. The maximum absolute atomic E-state index is 5.34. The predicted molar refractivity (Wildman–Crippen MR) is 55.0 cm³/mol. The maximum atomic E-state index is 5.34. The fourth-order valence-electron chi connectivity index (χ4n) is 2.07. The summed E-state index contributed by atoms with van der Waals surface area (Å²) >= 11 is 0. The van der Waals surface area contributed by atoms with Gasteiger partial charge in [-0.25, -0.2) is 5.90 Å². The fourth-order valence-corrected chi connectivity index (χ4v) is 2.07. The lowest BCUT2D eigenvalue weighted by Crippen LogP contribution is -2.16. The predicted octanol–water partition coefficient (Wildman–Crippen LogP) is 0.704. The second-order valence-electron chi connectivity index (χ2n) is 3.91. The van der Waals surface area contributed by atoms with Crippen LogP contribution in [0.15, 0.2) is 6.20 Å². The summed E-state index contributed by atoms with van der Waals surface area (Å²) in [6.45, 7) is 2.08. The van der Waals surface area contributed by atoms with Gasteiger partial charge in [-0.3, -0.25) is 9.52 Å². The first-order chi connectivity index (χ1) is 7.31. The maximum Gasteiger partial charge on any atom is 0.0963 e. The van der Waals surface area contributed by atoms with Crippen LogP contribution in [0.4, 0.5) is 0 Å². The number of hydrogen-bond acceptors (Lipinski definition) is 4. The van der Waals surface area contributed by atoms with Crippen LogP contribution in [-0.4, -0.2) is 23.0 Å². The molecule has 0 saturated carbocycles. The molecule has 2 heterocycles. The Morgan fingerprint density at radius 3 is 3.00 bits per heavy atom. The summed E-state index contributed by atoms with van der Waals surface area (Å²) in [5.74, 6) is 5.60. The van der Waals surface area contributed by atoms with Gasteiger partial charge in [0.1, 0.15) is 0 Å². The van der Waals surface area contributed by atoms with Crippen LogP contribution in [0.1, 0.15) is 30.0 Å². The second-order valence-corrected chi connectivity index (χ2v) is 3.91. The van der Waals surface area contributed by atoms with Crippen LogP contribution in [0.2, 0.25) is 0 Å². The zero-order chi connectivity index (χ0) is 10.7. The third-order valence-electron chi connectivity index (χ3n) is 2.78. The van der Waals surface area contributed by atoms with E-state index >= 15 is 0 Å². The van der Waals surface area contributed by atoms with E-state index in [9.17, 15) is 0 Å². The lowest BCUT2D eigenvalue weighted by molar-refractivity contribution is 0.0828. The van der Waals surface area contributed by atoms with Crippen LogP contribution in [0.5, 0.6) is 0 Å². The first-order valence-electron chi connectivity index (χ1n) is 5.23. The van der Waals surface area contributed by atoms with Gasteiger partial charge in [0.15, 0.2) is 0 Å². The highest BCUT2D eigenvalue weighted by atomic mass is 16.6. The van der Waals surface area contributed by atoms with E-state index in [2.05, 4.69) is 9.94 Å². The number of ether oxygens (including phenoxy) is 1. The Labute approximate surface area is 89.1 Å². The smallest absolute Gasteiger partial charge is 0.0963 e. The molecule has 1 aromatic rings. The van der Waals surface area contributed by atoms with Crippen molar-refractivity contribution >= 4 is 0 Å². The molecule has 0 bridgehead atoms. The molecular weight excluding hydrogens is 194 g/mol. The second kappa shape index (κ2) is 4.74. The van der Waals surface area contributed by atoms with E-state index in [0.29, 0.717) is 12.5 Å². The minimum absolute atomic E-state index is 0.431. The summed E-state index contributed by atoms with van der Waals surface area (Å²) in [5, 5.41) is 4.48. The Hall–Kier alpha value is -0.910. The van der Waals surface area contributed by atoms with Gasteiger partial charge in [-0.2, -0.15) is 5.10 Å². The fraction of sp³-hybridized carbons (Fsp3) is 0.700. The number of hydrogen-bond donors (Lipinski definition) is 1. The molecule has 1 saturated heterocycles. The van der Waals surface area contributed by atoms with Crippen molar-refractivity contribution in [3.8, 4) is 0 Å². The third kappa shape index (κ3) is 2.37. The summed E-state index contributed by atoms with van der Waals surface area (Å²) in [5.41, 5.74) is 2.21. The van der Waals surface area contributed by atoms with Crippen LogP contribution in [0, 0.1) is 0 Å². The third-order valence-corrected chi connectivity index (χ3v) is 2.78. The zero-order valence-electron chi connectivity index (χ0n) is 8.98. The first kappa shape index (κ1) is 10.6. The molecule has 1 fully saturated rings. The summed E-state index contributed by atoms with van der Waals surface area (Å²) in [6.07, 6.45) is 4.04. The Morgan fingerprint density at radius 1 is 1.60 bits per heavy atom. The average molecular weight is 211 g/mol. The van der Waals surface area contributed by atoms with Gasteiger partial charge in [0.25, 0.3) is 0 Å². The highest BCUT2D eigenvalue weighted by Gasteiger charge is 2.21. The van der Waals surface area contributed by atoms with Gasteiger partial charge in [-0.05, 0) is 12.8 Å². The Morgan fingerprint density at radius 2 is 2.33 bits per heavy atom. The van der Waals surface area contributed by atoms with Crippen molar-refractivity contribution in [1.82, 2.24) is 9.78 Å². The molecule has 0 aromatic carbocycles. The van der Waals surface area contributed by atoms with Gasteiger partial charge in [0.2, 0.25) is 0 Å². The highest BCUT2D eigenvalue weighted by molar-refractivity contribution is 5.20. The summed E-state index contributed by atoms with van der Waals surface area (Å²) in [7, 11) is 1.92. The van der Waals surface area contributed by atoms with Crippen molar-refractivity contribution in [3.05, 3.63) is 17.5 Å². The number of nitrogens with zero attached hydrogens (tertiary/aromatic N) is 2. The quantitative estimate of drug-likeness (QED) is 0.748. The molecule has 0 atom stereocenters. The van der Waals surface area contributed by atoms with E-state index in [1.165, 1.54) is 0 Å². The van der Waals surface area contributed by atoms with E-state index in [1.807, 2.05) is 17.9 Å². The molecule has 0 amide bonds. The average Bonchev–Trinajstić information content (AvgIpc) is 2.62. The molecule has 0 aliphatic carbocycles. The van der Waals surface area contributed by atoms with E-state index in [0.717, 1.165) is 37.3 Å². The van der Waals surface area contributed by atoms with Crippen molar-refractivity contribution < 1.29 is 9.57 Å². The molecule has 0 radical (unpaired) electrons. The van der Waals surface area contributed by atoms with Crippen molar-refractivity contribution in [2.45, 2.75) is 25.4 Å². The van der Waals surface area contributed by atoms with Gasteiger partial charge in [-0.1, -0.05) is 0 Å². The van der Waals surface area contributed by atoms with Gasteiger partial charge >= 0.3 is 0 Å². The van der Waals surface area contributed by atoms with Crippen LogP contribution in [-0.2, 0) is 23.2 Å². The molecule has 84 valence electrons. The topological polar surface area (TPSA) is 62.3 Å². The van der Waals surface area contributed by atoms with Gasteiger partial charge in [-0.15, -0.1) is 0 Å². The van der Waals surface area contributed by atoms with Crippen LogP contribution >= 0.6 is 0 Å². The highest BCUT2D eigenvalue weighted by Crippen LogP contribution is 2.28. The van der Waals surface area contributed by atoms with Crippen molar-refractivity contribution in [2.75, 3.05) is 13.2 Å². The lowest BCUT2D eigenvalue weighted by Gasteiger charge is -2.21. The summed E-state index contributed by atoms with van der Waals surface area (Å²) < 4.78 is 7.16. The monoisotopic (exact) mass is 211 g/mol. The molecule has 15 heavy (non-hydrogen) atoms. The molecule has 2 rings (SSSR count). The van der Waals surface area contributed by atoms with Crippen molar-refractivity contribution in [2.24, 2.45) is 12.9 Å². The van der Waals surface area contributed by atoms with Crippen molar-refractivity contribution in [1.29, 1.82) is 0 Å². The Balaban J connectivity index is 2.17. The molecule has 5 nitrogen and oxygen atoms in total. The Kier molecular flexibility index (Phi) is 3.35. The zero-order valence-corrected chi connectivity index (χ0v) is 8.98. The molecule has 1 aromatic heterocycles. The molecular formula is C10H17N3O2. The molecule has 5 heteroatoms. The lowest BCUT2D eigenvalue weighted by atomic mass is 9.94. The number of nitrogens with two attached hydrogens (primary N) is 1. The minimum atomic E-state index is 0.431. The van der Waals surface area contributed by atoms with Crippen LogP contribution in [0.3, 0.4) is 0 Å². The van der Waals surface area contributed by atoms with Crippen molar-refractivity contribution in [3.63, 3.8) is 0 Å². The molecule has 2 N–H and O–H groups in total. The number of aryl methyl sites for hydroxylation is 1. The first-order valence-corrected chi connectivity index (χ1v) is 5.23. The minimum Gasteiger partial charge on any atom is -0.381 e. The standard InChI is InChI=1S/C10H17N3O2/c1-13-6-9(7-15-11)10(12-13)8-2-4-14-5-3-8/h6,8H,2-5,7,11H2,1H3. The molecule has 0 spiro atoms. The number of aromatic nitrogens is 2. The summed E-state index contributed by atoms with van der Waals surface area (Å²) in [4.78, 5) is 4.69. The van der Waals surface area contributed by atoms with Gasteiger partial charge in [0.05, 0.1) is 12.3 Å². The van der Waals surface area contributed by atoms with E-state index < -0.39 is 0 Å². The van der Waals surface area contributed by atoms with Gasteiger partial charge in [0, 0.05) is 37.9 Å². The summed E-state index contributed by atoms with van der Waals surface area (Å²) in [6, 6.07) is 0. The largest absolute Gasteiger partial charge is 0.381 e. The van der Waals surface area contributed by atoms with E-state index in [1.54, 1.807) is 0 Å². The van der Waals surface area contributed by atoms with Crippen LogP contribution in [0.25, 0.3) is 0 Å². The van der Waals surface area contributed by atoms with Crippen LogP contribution < -0.4 is 5.90 Å². The van der Waals surface area contributed by atoms with E-state index in [4.69, 9.17) is 10.6 Å². The SMILES string of the molecule is Cn1cc(CON)c(C2CCOCC2)n1. The number of rotatable bonds is 3.